The fraction of sp³-hybridized carbons (Fsp3) is 0.312. The van der Waals surface area contributed by atoms with E-state index >= 15 is 0 Å². The quantitative estimate of drug-likeness (QED) is 0.269. The second-order valence-electron chi connectivity index (χ2n) is 10.5. The molecular formula is C32H32N2O. The molecule has 2 aromatic carbocycles. The molecule has 0 radical (unpaired) electrons. The third-order valence-corrected chi connectivity index (χ3v) is 7.54. The van der Waals surface area contributed by atoms with Gasteiger partial charge >= 0.3 is 0 Å². The average Bonchev–Trinajstić information content (AvgIpc) is 3.21. The molecule has 1 aliphatic rings. The number of aromatic nitrogens is 2. The first-order chi connectivity index (χ1) is 17.3. The Balaban J connectivity index is 1.47. The van der Waals surface area contributed by atoms with Gasteiger partial charge in [-0.05, 0) is 97.9 Å². The minimum Gasteiger partial charge on any atom is -0.437 e. The van der Waals surface area contributed by atoms with Crippen LogP contribution in [0.15, 0.2) is 71.3 Å². The predicted octanol–water partition coefficient (Wildman–Crippen LogP) is 8.87. The first kappa shape index (κ1) is 20.9. The highest BCUT2D eigenvalue weighted by molar-refractivity contribution is 6.08. The van der Waals surface area contributed by atoms with Crippen LogP contribution in [-0.4, -0.2) is 9.97 Å². The number of nitrogens with zero attached hydrogens (tertiary/aromatic N) is 2. The Hall–Kier alpha value is -3.46. The Morgan fingerprint density at radius 1 is 0.829 bits per heavy atom. The van der Waals surface area contributed by atoms with Gasteiger partial charge in [-0.1, -0.05) is 44.2 Å². The molecule has 3 heteroatoms. The molecule has 0 N–H and O–H groups in total. The molecular weight excluding hydrogens is 428 g/mol. The van der Waals surface area contributed by atoms with Gasteiger partial charge < -0.3 is 4.42 Å². The Morgan fingerprint density at radius 2 is 1.57 bits per heavy atom. The van der Waals surface area contributed by atoms with Crippen molar-refractivity contribution in [1.82, 2.24) is 9.97 Å². The second-order valence-corrected chi connectivity index (χ2v) is 10.5. The van der Waals surface area contributed by atoms with Crippen LogP contribution in [0.4, 0.5) is 0 Å². The summed E-state index contributed by atoms with van der Waals surface area (Å²) in [6.45, 7) is 8.79. The van der Waals surface area contributed by atoms with Crippen LogP contribution in [0.3, 0.4) is 0 Å². The van der Waals surface area contributed by atoms with Gasteiger partial charge in [-0.15, -0.1) is 0 Å². The van der Waals surface area contributed by atoms with Crippen molar-refractivity contribution in [2.75, 3.05) is 0 Å². The van der Waals surface area contributed by atoms with Crippen molar-refractivity contribution in [3.63, 3.8) is 0 Å². The van der Waals surface area contributed by atoms with Gasteiger partial charge in [-0.3, -0.25) is 4.98 Å². The lowest BCUT2D eigenvalue weighted by Crippen LogP contribution is -2.18. The van der Waals surface area contributed by atoms with Crippen molar-refractivity contribution in [3.05, 3.63) is 83.6 Å². The molecule has 0 aliphatic heterocycles. The van der Waals surface area contributed by atoms with E-state index in [0.717, 1.165) is 57.3 Å². The minimum absolute atomic E-state index is 0.554. The molecule has 2 atom stereocenters. The number of hydrogen-bond acceptors (Lipinski definition) is 3. The summed E-state index contributed by atoms with van der Waals surface area (Å²) in [6, 6.07) is 20.9. The molecule has 35 heavy (non-hydrogen) atoms. The molecule has 0 bridgehead atoms. The van der Waals surface area contributed by atoms with E-state index in [4.69, 9.17) is 14.4 Å². The van der Waals surface area contributed by atoms with Crippen LogP contribution in [-0.2, 0) is 0 Å². The zero-order valence-electron chi connectivity index (χ0n) is 21.9. The Labute approximate surface area is 208 Å². The highest BCUT2D eigenvalue weighted by atomic mass is 16.3. The molecule has 0 spiro atoms. The minimum atomic E-state index is -0.571. The third-order valence-electron chi connectivity index (χ3n) is 7.54. The van der Waals surface area contributed by atoms with E-state index < -0.39 is 5.89 Å². The van der Waals surface area contributed by atoms with E-state index in [2.05, 4.69) is 82.3 Å². The molecule has 1 aliphatic carbocycles. The summed E-state index contributed by atoms with van der Waals surface area (Å²) >= 11 is 0. The molecule has 1 fully saturated rings. The normalized spacial score (nSPS) is 23.0. The molecule has 3 heterocycles. The van der Waals surface area contributed by atoms with Crippen LogP contribution >= 0.6 is 0 Å². The Kier molecular flexibility index (Phi) is 5.15. The maximum atomic E-state index is 9.31. The molecule has 1 saturated carbocycles. The van der Waals surface area contributed by atoms with Crippen molar-refractivity contribution in [2.45, 2.75) is 52.9 Å². The number of fused-ring (bicyclic) bond motifs is 3. The van der Waals surface area contributed by atoms with E-state index in [9.17, 15) is 1.37 Å². The number of pyridine rings is 2. The molecule has 6 rings (SSSR count). The van der Waals surface area contributed by atoms with Gasteiger partial charge in [-0.2, -0.15) is 0 Å². The fourth-order valence-electron chi connectivity index (χ4n) is 6.05. The van der Waals surface area contributed by atoms with Crippen molar-refractivity contribution in [1.29, 1.82) is 0 Å². The Bertz CT molecular complexity index is 1570. The first-order valence-electron chi connectivity index (χ1n) is 13.2. The maximum Gasteiger partial charge on any atom is 0.227 e. The number of hydrogen-bond donors (Lipinski definition) is 0. The van der Waals surface area contributed by atoms with Crippen molar-refractivity contribution >= 4 is 22.1 Å². The van der Waals surface area contributed by atoms with Gasteiger partial charge in [0.1, 0.15) is 5.58 Å². The lowest BCUT2D eigenvalue weighted by molar-refractivity contribution is 0.268. The second kappa shape index (κ2) is 8.64. The van der Waals surface area contributed by atoms with Gasteiger partial charge in [0.05, 0.1) is 11.4 Å². The predicted molar refractivity (Wildman–Crippen MR) is 145 cm³/mol. The van der Waals surface area contributed by atoms with Gasteiger partial charge in [-0.25, -0.2) is 4.98 Å². The SMILES string of the molecule is [2H]C1(c2ccnc(-c3cccc4c3oc3nc(-c5c(C)cccc5C)ccc34)c2)CC(C)CC(C)C1. The fourth-order valence-corrected chi connectivity index (χ4v) is 6.05. The number of furan rings is 1. The van der Waals surface area contributed by atoms with Crippen LogP contribution < -0.4 is 0 Å². The summed E-state index contributed by atoms with van der Waals surface area (Å²) in [6.07, 6.45) is 4.83. The number of aryl methyl sites for hydroxylation is 2. The van der Waals surface area contributed by atoms with Gasteiger partial charge in [0.25, 0.3) is 0 Å². The summed E-state index contributed by atoms with van der Waals surface area (Å²) in [4.78, 5) is 9.66. The van der Waals surface area contributed by atoms with Crippen LogP contribution in [0, 0.1) is 25.7 Å². The third kappa shape index (κ3) is 3.93. The van der Waals surface area contributed by atoms with Crippen molar-refractivity contribution < 1.29 is 5.79 Å². The van der Waals surface area contributed by atoms with Crippen LogP contribution in [0.2, 0.25) is 0 Å². The van der Waals surface area contributed by atoms with Gasteiger partial charge in [0, 0.05) is 29.5 Å². The highest BCUT2D eigenvalue weighted by Gasteiger charge is 2.25. The van der Waals surface area contributed by atoms with Gasteiger partial charge in [0.15, 0.2) is 0 Å². The molecule has 0 amide bonds. The lowest BCUT2D eigenvalue weighted by Gasteiger charge is -2.31. The summed E-state index contributed by atoms with van der Waals surface area (Å²) < 4.78 is 15.7. The van der Waals surface area contributed by atoms with E-state index in [1.807, 2.05) is 12.3 Å². The topological polar surface area (TPSA) is 38.9 Å². The molecule has 3 aromatic heterocycles. The number of para-hydroxylation sites is 1. The number of rotatable bonds is 3. The molecule has 2 unspecified atom stereocenters. The summed E-state index contributed by atoms with van der Waals surface area (Å²) in [7, 11) is 0. The van der Waals surface area contributed by atoms with E-state index in [0.29, 0.717) is 17.5 Å². The summed E-state index contributed by atoms with van der Waals surface area (Å²) in [5.74, 6) is 0.538. The smallest absolute Gasteiger partial charge is 0.227 e. The van der Waals surface area contributed by atoms with Gasteiger partial charge in [0.2, 0.25) is 5.71 Å². The Morgan fingerprint density at radius 3 is 2.34 bits per heavy atom. The van der Waals surface area contributed by atoms with Crippen LogP contribution in [0.1, 0.15) is 57.1 Å². The molecule has 5 aromatic rings. The lowest BCUT2D eigenvalue weighted by atomic mass is 9.74. The van der Waals surface area contributed by atoms with Crippen molar-refractivity contribution in [3.8, 4) is 22.5 Å². The molecule has 3 nitrogen and oxygen atoms in total. The number of benzene rings is 2. The standard InChI is InChI=1S/C32H32N2O/c1-19-15-20(2)17-24(16-19)23-13-14-33-29(18-23)27-10-6-9-25-26-11-12-28(34-32(26)35-31(25)27)30-21(3)7-5-8-22(30)4/h5-14,18-20,24H,15-17H2,1-4H3/i24D. The van der Waals surface area contributed by atoms with E-state index in [1.165, 1.54) is 17.5 Å². The van der Waals surface area contributed by atoms with Crippen LogP contribution in [0.25, 0.3) is 44.6 Å². The summed E-state index contributed by atoms with van der Waals surface area (Å²) in [5.41, 5.74) is 8.78. The zero-order chi connectivity index (χ0) is 25.0. The highest BCUT2D eigenvalue weighted by Crippen LogP contribution is 2.41. The molecule has 176 valence electrons. The molecule has 0 saturated heterocycles. The average molecular weight is 462 g/mol. The monoisotopic (exact) mass is 461 g/mol. The first-order valence-corrected chi connectivity index (χ1v) is 12.7. The zero-order valence-corrected chi connectivity index (χ0v) is 20.9. The maximum absolute atomic E-state index is 9.31. The van der Waals surface area contributed by atoms with E-state index in [1.54, 1.807) is 0 Å². The van der Waals surface area contributed by atoms with Crippen molar-refractivity contribution in [2.24, 2.45) is 11.8 Å². The van der Waals surface area contributed by atoms with Crippen LogP contribution in [0.5, 0.6) is 0 Å². The largest absolute Gasteiger partial charge is 0.437 e. The summed E-state index contributed by atoms with van der Waals surface area (Å²) in [5, 5.41) is 2.04. The van der Waals surface area contributed by atoms with E-state index in [-0.39, 0.29) is 0 Å².